The maximum atomic E-state index is 13.5. The maximum absolute atomic E-state index is 13.5. The van der Waals surface area contributed by atoms with Crippen LogP contribution < -0.4 is 4.74 Å². The Morgan fingerprint density at radius 2 is 2.14 bits per heavy atom. The van der Waals surface area contributed by atoms with Gasteiger partial charge in [0.25, 0.3) is 0 Å². The Hall–Kier alpha value is -2.53. The Balaban J connectivity index is 1.34. The third-order valence-corrected chi connectivity index (χ3v) is 6.73. The molecule has 5 rings (SSSR count). The van der Waals surface area contributed by atoms with Crippen LogP contribution in [0, 0.1) is 5.92 Å². The number of carbonyl (C=O) groups is 1. The Kier molecular flexibility index (Phi) is 4.27. The fourth-order valence-corrected chi connectivity index (χ4v) is 5.49. The van der Waals surface area contributed by atoms with Gasteiger partial charge < -0.3 is 14.1 Å². The van der Waals surface area contributed by atoms with E-state index in [-0.39, 0.29) is 5.54 Å². The van der Waals surface area contributed by atoms with Gasteiger partial charge in [-0.15, -0.1) is 0 Å². The van der Waals surface area contributed by atoms with Gasteiger partial charge in [0.1, 0.15) is 17.0 Å². The number of hydrogen-bond donors (Lipinski definition) is 0. The maximum Gasteiger partial charge on any atom is 0.243 e. The second-order valence-electron chi connectivity index (χ2n) is 8.13. The molecule has 3 fully saturated rings. The normalized spacial score (nSPS) is 29.6. The molecule has 1 spiro atoms. The van der Waals surface area contributed by atoms with E-state index < -0.39 is 0 Å². The fraction of sp³-hybridized carbons (Fsp3) is 0.435. The molecule has 1 amide bonds. The van der Waals surface area contributed by atoms with Crippen LogP contribution in [0.3, 0.4) is 0 Å². The first-order chi connectivity index (χ1) is 13.7. The lowest BCUT2D eigenvalue weighted by atomic mass is 9.85. The third-order valence-electron chi connectivity index (χ3n) is 6.73. The number of methoxy groups -OCH3 is 1. The van der Waals surface area contributed by atoms with Crippen LogP contribution in [0.4, 0.5) is 0 Å². The minimum absolute atomic E-state index is 0.287. The molecule has 0 saturated carbocycles. The van der Waals surface area contributed by atoms with E-state index in [4.69, 9.17) is 9.15 Å². The van der Waals surface area contributed by atoms with Gasteiger partial charge >= 0.3 is 0 Å². The summed E-state index contributed by atoms with van der Waals surface area (Å²) in [6.07, 6.45) is 9.11. The minimum atomic E-state index is -0.287. The SMILES string of the molecule is COc1ccc(CN2C[C@@H]3C[C@@H](C=Cc4ccco4)N4CCC[C@@]34C2=O)cc1. The number of benzene rings is 1. The number of carbonyl (C=O) groups excluding carboxylic acids is 1. The molecule has 0 N–H and O–H groups in total. The van der Waals surface area contributed by atoms with Crippen molar-refractivity contribution in [1.82, 2.24) is 9.80 Å². The first kappa shape index (κ1) is 17.6. The van der Waals surface area contributed by atoms with Gasteiger partial charge in [0.15, 0.2) is 0 Å². The summed E-state index contributed by atoms with van der Waals surface area (Å²) in [6.45, 7) is 2.54. The predicted molar refractivity (Wildman–Crippen MR) is 107 cm³/mol. The van der Waals surface area contributed by atoms with Crippen molar-refractivity contribution < 1.29 is 13.9 Å². The summed E-state index contributed by atoms with van der Waals surface area (Å²) in [5.41, 5.74) is 0.870. The summed E-state index contributed by atoms with van der Waals surface area (Å²) >= 11 is 0. The first-order valence-corrected chi connectivity index (χ1v) is 10.1. The van der Waals surface area contributed by atoms with E-state index in [0.717, 1.165) is 49.4 Å². The molecule has 0 unspecified atom stereocenters. The van der Waals surface area contributed by atoms with Gasteiger partial charge in [-0.2, -0.15) is 0 Å². The van der Waals surface area contributed by atoms with Crippen LogP contribution in [0.2, 0.25) is 0 Å². The summed E-state index contributed by atoms with van der Waals surface area (Å²) in [5.74, 6) is 2.45. The Morgan fingerprint density at radius 1 is 1.29 bits per heavy atom. The van der Waals surface area contributed by atoms with Gasteiger partial charge in [-0.25, -0.2) is 0 Å². The Labute approximate surface area is 165 Å². The van der Waals surface area contributed by atoms with Crippen LogP contribution in [0.15, 0.2) is 53.2 Å². The molecule has 146 valence electrons. The van der Waals surface area contributed by atoms with E-state index in [1.165, 1.54) is 0 Å². The zero-order chi connectivity index (χ0) is 19.1. The van der Waals surface area contributed by atoms with Gasteiger partial charge in [-0.3, -0.25) is 9.69 Å². The monoisotopic (exact) mass is 378 g/mol. The van der Waals surface area contributed by atoms with Gasteiger partial charge in [-0.05, 0) is 61.7 Å². The summed E-state index contributed by atoms with van der Waals surface area (Å²) in [5, 5.41) is 0. The molecule has 1 aromatic heterocycles. The molecule has 2 aromatic rings. The van der Waals surface area contributed by atoms with Crippen molar-refractivity contribution in [2.45, 2.75) is 37.4 Å². The topological polar surface area (TPSA) is 45.9 Å². The van der Waals surface area contributed by atoms with Crippen molar-refractivity contribution in [3.8, 4) is 5.75 Å². The zero-order valence-corrected chi connectivity index (χ0v) is 16.2. The molecule has 3 atom stereocenters. The van der Waals surface area contributed by atoms with Crippen LogP contribution in [0.25, 0.3) is 6.08 Å². The van der Waals surface area contributed by atoms with E-state index in [2.05, 4.69) is 34.1 Å². The highest BCUT2D eigenvalue weighted by molar-refractivity contribution is 5.90. The van der Waals surface area contributed by atoms with E-state index >= 15 is 0 Å². The highest BCUT2D eigenvalue weighted by atomic mass is 16.5. The molecule has 1 aromatic carbocycles. The first-order valence-electron chi connectivity index (χ1n) is 10.1. The van der Waals surface area contributed by atoms with Crippen LogP contribution in [0.1, 0.15) is 30.6 Å². The molecule has 0 aliphatic carbocycles. The number of likely N-dealkylation sites (tertiary alicyclic amines) is 1. The molecule has 0 radical (unpaired) electrons. The predicted octanol–water partition coefficient (Wildman–Crippen LogP) is 3.57. The largest absolute Gasteiger partial charge is 0.497 e. The van der Waals surface area contributed by atoms with Gasteiger partial charge in [-0.1, -0.05) is 18.2 Å². The molecule has 4 heterocycles. The van der Waals surface area contributed by atoms with Crippen molar-refractivity contribution in [1.29, 1.82) is 0 Å². The number of furan rings is 1. The Bertz CT molecular complexity index is 874. The average Bonchev–Trinajstić information content (AvgIpc) is 3.47. The summed E-state index contributed by atoms with van der Waals surface area (Å²) < 4.78 is 10.7. The lowest BCUT2D eigenvalue weighted by Crippen LogP contribution is -2.50. The summed E-state index contributed by atoms with van der Waals surface area (Å²) in [6, 6.07) is 12.2. The van der Waals surface area contributed by atoms with Gasteiger partial charge in [0.2, 0.25) is 5.91 Å². The quantitative estimate of drug-likeness (QED) is 0.798. The molecule has 5 heteroatoms. The molecular formula is C23H26N2O3. The van der Waals surface area contributed by atoms with E-state index in [0.29, 0.717) is 24.4 Å². The van der Waals surface area contributed by atoms with Crippen LogP contribution in [-0.2, 0) is 11.3 Å². The lowest BCUT2D eigenvalue weighted by molar-refractivity contribution is -0.137. The number of nitrogens with zero attached hydrogens (tertiary/aromatic N) is 2. The van der Waals surface area contributed by atoms with E-state index in [1.807, 2.05) is 24.3 Å². The van der Waals surface area contributed by atoms with Gasteiger partial charge in [0.05, 0.1) is 13.4 Å². The molecule has 0 bridgehead atoms. The second-order valence-corrected chi connectivity index (χ2v) is 8.13. The number of ether oxygens (including phenoxy) is 1. The molecule has 3 aliphatic heterocycles. The number of rotatable bonds is 5. The molecule has 28 heavy (non-hydrogen) atoms. The fourth-order valence-electron chi connectivity index (χ4n) is 5.49. The zero-order valence-electron chi connectivity index (χ0n) is 16.2. The Morgan fingerprint density at radius 3 is 2.89 bits per heavy atom. The summed E-state index contributed by atoms with van der Waals surface area (Å²) in [4.78, 5) is 18.0. The highest BCUT2D eigenvalue weighted by Crippen LogP contribution is 2.51. The number of hydrogen-bond acceptors (Lipinski definition) is 4. The van der Waals surface area contributed by atoms with Crippen LogP contribution in [-0.4, -0.2) is 47.5 Å². The van der Waals surface area contributed by atoms with Crippen molar-refractivity contribution in [3.05, 3.63) is 60.1 Å². The van der Waals surface area contributed by atoms with Crippen LogP contribution >= 0.6 is 0 Å². The van der Waals surface area contributed by atoms with Gasteiger partial charge in [0, 0.05) is 25.0 Å². The van der Waals surface area contributed by atoms with E-state index in [1.54, 1.807) is 13.4 Å². The molecular weight excluding hydrogens is 352 g/mol. The summed E-state index contributed by atoms with van der Waals surface area (Å²) in [7, 11) is 1.67. The third kappa shape index (κ3) is 2.68. The number of amides is 1. The molecule has 3 aliphatic rings. The van der Waals surface area contributed by atoms with E-state index in [9.17, 15) is 4.79 Å². The van der Waals surface area contributed by atoms with Crippen molar-refractivity contribution in [3.63, 3.8) is 0 Å². The van der Waals surface area contributed by atoms with Crippen LogP contribution in [0.5, 0.6) is 5.75 Å². The van der Waals surface area contributed by atoms with Crippen molar-refractivity contribution in [2.75, 3.05) is 20.2 Å². The van der Waals surface area contributed by atoms with Crippen molar-refractivity contribution >= 4 is 12.0 Å². The standard InChI is InChI=1S/C23H26N2O3/c1-27-20-8-5-17(6-9-20)15-24-16-18-14-19(7-10-21-4-2-13-28-21)25-12-3-11-23(18,25)22(24)26/h2,4-10,13,18-19H,3,11-12,14-16H2,1H3/t18-,19+,23-/m0/s1. The smallest absolute Gasteiger partial charge is 0.243 e. The van der Waals surface area contributed by atoms with Crippen molar-refractivity contribution in [2.24, 2.45) is 5.92 Å². The second kappa shape index (κ2) is 6.82. The molecule has 5 nitrogen and oxygen atoms in total. The lowest BCUT2D eigenvalue weighted by Gasteiger charge is -2.32. The average molecular weight is 378 g/mol. The molecule has 3 saturated heterocycles. The minimum Gasteiger partial charge on any atom is -0.497 e. The highest BCUT2D eigenvalue weighted by Gasteiger charge is 2.64.